The van der Waals surface area contributed by atoms with Crippen LogP contribution < -0.4 is 9.62 Å². The number of carbonyl (C=O) groups excluding carboxylic acids is 1. The summed E-state index contributed by atoms with van der Waals surface area (Å²) in [5, 5.41) is 3.13. The van der Waals surface area contributed by atoms with Gasteiger partial charge < -0.3 is 9.88 Å². The maximum absolute atomic E-state index is 12.6. The maximum Gasteiger partial charge on any atom is 0.241 e. The Balaban J connectivity index is 1.80. The summed E-state index contributed by atoms with van der Waals surface area (Å²) in [6.45, 7) is 1.60. The lowest BCUT2D eigenvalue weighted by molar-refractivity contribution is -0.119. The van der Waals surface area contributed by atoms with Crippen molar-refractivity contribution >= 4 is 56.4 Å². The van der Waals surface area contributed by atoms with Crippen molar-refractivity contribution in [1.82, 2.24) is 14.9 Å². The van der Waals surface area contributed by atoms with Crippen LogP contribution >= 0.6 is 34.8 Å². The summed E-state index contributed by atoms with van der Waals surface area (Å²) in [6.07, 6.45) is 4.50. The number of imidazole rings is 1. The highest BCUT2D eigenvalue weighted by molar-refractivity contribution is 7.92. The SMILES string of the molecule is Cc1nccn1-c1ccccc1CNC(=O)CN(c1cc(Cl)c(Cl)cc1Cl)S(C)(=O)=O. The lowest BCUT2D eigenvalue weighted by atomic mass is 10.1. The van der Waals surface area contributed by atoms with Gasteiger partial charge in [-0.25, -0.2) is 13.4 Å². The molecule has 0 saturated heterocycles. The van der Waals surface area contributed by atoms with Crippen molar-refractivity contribution < 1.29 is 13.2 Å². The molecule has 1 heterocycles. The van der Waals surface area contributed by atoms with E-state index in [4.69, 9.17) is 34.8 Å². The number of nitrogens with one attached hydrogen (secondary N) is 1. The van der Waals surface area contributed by atoms with E-state index in [1.807, 2.05) is 42.0 Å². The number of rotatable bonds is 7. The molecule has 3 aromatic rings. The Morgan fingerprint density at radius 3 is 2.45 bits per heavy atom. The molecule has 7 nitrogen and oxygen atoms in total. The number of hydrogen-bond donors (Lipinski definition) is 1. The van der Waals surface area contributed by atoms with E-state index in [2.05, 4.69) is 10.3 Å². The number of hydrogen-bond acceptors (Lipinski definition) is 4. The van der Waals surface area contributed by atoms with Crippen LogP contribution in [0.2, 0.25) is 15.1 Å². The molecule has 11 heteroatoms. The van der Waals surface area contributed by atoms with Crippen LogP contribution in [0.25, 0.3) is 5.69 Å². The van der Waals surface area contributed by atoms with Gasteiger partial charge in [0.05, 0.1) is 32.7 Å². The van der Waals surface area contributed by atoms with Crippen LogP contribution in [0.4, 0.5) is 5.69 Å². The fourth-order valence-corrected chi connectivity index (χ4v) is 4.55. The topological polar surface area (TPSA) is 84.3 Å². The van der Waals surface area contributed by atoms with Gasteiger partial charge in [0.25, 0.3) is 0 Å². The number of carbonyl (C=O) groups is 1. The Hall–Kier alpha value is -2.26. The molecule has 0 aliphatic heterocycles. The maximum atomic E-state index is 12.6. The Kier molecular flexibility index (Phi) is 7.16. The van der Waals surface area contributed by atoms with Crippen molar-refractivity contribution in [3.8, 4) is 5.69 Å². The number of para-hydroxylation sites is 1. The molecule has 0 aliphatic rings. The Morgan fingerprint density at radius 2 is 1.81 bits per heavy atom. The summed E-state index contributed by atoms with van der Waals surface area (Å²) in [4.78, 5) is 16.9. The Bertz CT molecular complexity index is 1230. The number of anilines is 1. The smallest absolute Gasteiger partial charge is 0.241 e. The molecule has 0 saturated carbocycles. The van der Waals surface area contributed by atoms with Gasteiger partial charge in [-0.1, -0.05) is 53.0 Å². The quantitative estimate of drug-likeness (QED) is 0.491. The number of aromatic nitrogens is 2. The minimum Gasteiger partial charge on any atom is -0.350 e. The van der Waals surface area contributed by atoms with E-state index in [0.717, 1.165) is 27.6 Å². The molecule has 2 aromatic carbocycles. The third kappa shape index (κ3) is 5.51. The number of benzene rings is 2. The minimum atomic E-state index is -3.82. The third-order valence-electron chi connectivity index (χ3n) is 4.50. The van der Waals surface area contributed by atoms with E-state index in [9.17, 15) is 13.2 Å². The van der Waals surface area contributed by atoms with E-state index in [-0.39, 0.29) is 27.3 Å². The van der Waals surface area contributed by atoms with Crippen molar-refractivity contribution in [2.45, 2.75) is 13.5 Å². The van der Waals surface area contributed by atoms with Crippen LogP contribution in [0, 0.1) is 6.92 Å². The number of halogens is 3. The minimum absolute atomic E-state index is 0.0635. The zero-order valence-electron chi connectivity index (χ0n) is 16.6. The molecule has 0 aliphatic carbocycles. The monoisotopic (exact) mass is 500 g/mol. The van der Waals surface area contributed by atoms with Gasteiger partial charge in [-0.05, 0) is 30.7 Å². The lowest BCUT2D eigenvalue weighted by Crippen LogP contribution is -2.40. The van der Waals surface area contributed by atoms with Crippen LogP contribution in [-0.4, -0.2) is 36.7 Å². The van der Waals surface area contributed by atoms with Crippen molar-refractivity contribution in [3.63, 3.8) is 0 Å². The molecule has 31 heavy (non-hydrogen) atoms. The van der Waals surface area contributed by atoms with Gasteiger partial charge in [-0.2, -0.15) is 0 Å². The van der Waals surface area contributed by atoms with Crippen LogP contribution in [-0.2, 0) is 21.4 Å². The first-order valence-electron chi connectivity index (χ1n) is 9.05. The van der Waals surface area contributed by atoms with E-state index in [1.54, 1.807) is 6.20 Å². The molecule has 1 aromatic heterocycles. The van der Waals surface area contributed by atoms with Gasteiger partial charge in [0.2, 0.25) is 15.9 Å². The van der Waals surface area contributed by atoms with Gasteiger partial charge in [0.1, 0.15) is 12.4 Å². The standard InChI is InChI=1S/C20H19Cl3N4O3S/c1-13-24-7-8-26(13)18-6-4-3-5-14(18)11-25-20(28)12-27(31(2,29)30)19-10-16(22)15(21)9-17(19)23/h3-10H,11-12H2,1-2H3,(H,25,28). The Labute approximate surface area is 195 Å². The zero-order chi connectivity index (χ0) is 22.8. The normalized spacial score (nSPS) is 11.4. The predicted octanol–water partition coefficient (Wildman–Crippen LogP) is 4.22. The third-order valence-corrected chi connectivity index (χ3v) is 6.65. The zero-order valence-corrected chi connectivity index (χ0v) is 19.7. The van der Waals surface area contributed by atoms with Crippen molar-refractivity contribution in [1.29, 1.82) is 0 Å². The molecule has 1 N–H and O–H groups in total. The lowest BCUT2D eigenvalue weighted by Gasteiger charge is -2.23. The van der Waals surface area contributed by atoms with Gasteiger partial charge >= 0.3 is 0 Å². The molecule has 164 valence electrons. The molecule has 1 amide bonds. The number of nitrogens with zero attached hydrogens (tertiary/aromatic N) is 3. The van der Waals surface area contributed by atoms with E-state index < -0.39 is 22.5 Å². The second-order valence-electron chi connectivity index (χ2n) is 6.74. The molecule has 0 unspecified atom stereocenters. The van der Waals surface area contributed by atoms with E-state index in [0.29, 0.717) is 0 Å². The molecule has 0 bridgehead atoms. The highest BCUT2D eigenvalue weighted by atomic mass is 35.5. The predicted molar refractivity (Wildman–Crippen MR) is 124 cm³/mol. The Morgan fingerprint density at radius 1 is 1.13 bits per heavy atom. The number of aryl methyl sites for hydroxylation is 1. The molecule has 0 atom stereocenters. The highest BCUT2D eigenvalue weighted by Gasteiger charge is 2.24. The number of amides is 1. The molecule has 0 spiro atoms. The van der Waals surface area contributed by atoms with Crippen LogP contribution in [0.5, 0.6) is 0 Å². The van der Waals surface area contributed by atoms with Crippen LogP contribution in [0.3, 0.4) is 0 Å². The average Bonchev–Trinajstić information content (AvgIpc) is 3.12. The highest BCUT2D eigenvalue weighted by Crippen LogP contribution is 2.35. The molecular formula is C20H19Cl3N4O3S. The molecular weight excluding hydrogens is 483 g/mol. The number of sulfonamides is 1. The summed E-state index contributed by atoms with van der Waals surface area (Å²) in [5.74, 6) is 0.293. The largest absolute Gasteiger partial charge is 0.350 e. The second-order valence-corrected chi connectivity index (χ2v) is 9.87. The van der Waals surface area contributed by atoms with Crippen molar-refractivity contribution in [2.75, 3.05) is 17.1 Å². The van der Waals surface area contributed by atoms with Gasteiger partial charge in [-0.15, -0.1) is 0 Å². The summed E-state index contributed by atoms with van der Waals surface area (Å²) >= 11 is 18.1. The first kappa shape index (κ1) is 23.4. The summed E-state index contributed by atoms with van der Waals surface area (Å²) in [5.41, 5.74) is 1.78. The fraction of sp³-hybridized carbons (Fsp3) is 0.200. The van der Waals surface area contributed by atoms with Crippen molar-refractivity contribution in [2.24, 2.45) is 0 Å². The van der Waals surface area contributed by atoms with Gasteiger partial charge in [0, 0.05) is 18.9 Å². The van der Waals surface area contributed by atoms with E-state index >= 15 is 0 Å². The second kappa shape index (κ2) is 9.48. The average molecular weight is 502 g/mol. The summed E-state index contributed by atoms with van der Waals surface area (Å²) in [7, 11) is -3.82. The van der Waals surface area contributed by atoms with E-state index in [1.165, 1.54) is 12.1 Å². The molecule has 3 rings (SSSR count). The van der Waals surface area contributed by atoms with Gasteiger partial charge in [-0.3, -0.25) is 9.10 Å². The molecule has 0 fully saturated rings. The summed E-state index contributed by atoms with van der Waals surface area (Å²) in [6, 6.07) is 10.2. The first-order valence-corrected chi connectivity index (χ1v) is 12.0. The first-order chi connectivity index (χ1) is 14.6. The van der Waals surface area contributed by atoms with Crippen LogP contribution in [0.1, 0.15) is 11.4 Å². The van der Waals surface area contributed by atoms with Crippen LogP contribution in [0.15, 0.2) is 48.8 Å². The van der Waals surface area contributed by atoms with Gasteiger partial charge in [0.15, 0.2) is 0 Å². The molecule has 0 radical (unpaired) electrons. The van der Waals surface area contributed by atoms with Crippen molar-refractivity contribution in [3.05, 3.63) is 75.2 Å². The summed E-state index contributed by atoms with van der Waals surface area (Å²) < 4.78 is 27.5. The fourth-order valence-electron chi connectivity index (χ4n) is 2.99.